The summed E-state index contributed by atoms with van der Waals surface area (Å²) in [7, 11) is 0. The Morgan fingerprint density at radius 3 is 2.72 bits per heavy atom. The van der Waals surface area contributed by atoms with Gasteiger partial charge in [-0.3, -0.25) is 9.69 Å². The third-order valence-electron chi connectivity index (χ3n) is 6.76. The molecule has 2 aromatic heterocycles. The number of carbonyl (C=O) groups is 1. The van der Waals surface area contributed by atoms with E-state index in [1.807, 2.05) is 61.8 Å². The largest absolute Gasteiger partial charge is 0.437 e. The number of hydrogen-bond donors (Lipinski definition) is 2. The highest BCUT2D eigenvalue weighted by molar-refractivity contribution is 7.17. The number of benzene rings is 2. The number of piperidine rings is 1. The minimum atomic E-state index is -0.403. The Bertz CT molecular complexity index is 1560. The number of nitrogens with zero attached hydrogens (tertiary/aromatic N) is 5. The minimum Gasteiger partial charge on any atom is -0.437 e. The lowest BCUT2D eigenvalue weighted by atomic mass is 9.97. The lowest BCUT2D eigenvalue weighted by Gasteiger charge is -2.30. The van der Waals surface area contributed by atoms with E-state index in [2.05, 4.69) is 31.5 Å². The quantitative estimate of drug-likeness (QED) is 0.227. The van der Waals surface area contributed by atoms with Crippen LogP contribution in [0.5, 0.6) is 11.6 Å². The number of hydrazone groups is 1. The second-order valence-corrected chi connectivity index (χ2v) is 10.6. The Labute approximate surface area is 230 Å². The van der Waals surface area contributed by atoms with Crippen molar-refractivity contribution >= 4 is 39.6 Å². The Hall–Kier alpha value is -4.33. The van der Waals surface area contributed by atoms with Crippen LogP contribution >= 0.6 is 11.3 Å². The van der Waals surface area contributed by atoms with E-state index in [-0.39, 0.29) is 0 Å². The summed E-state index contributed by atoms with van der Waals surface area (Å²) in [5.41, 5.74) is 13.1. The van der Waals surface area contributed by atoms with Gasteiger partial charge >= 0.3 is 0 Å². The second kappa shape index (κ2) is 11.6. The van der Waals surface area contributed by atoms with Gasteiger partial charge in [-0.15, -0.1) is 11.3 Å². The van der Waals surface area contributed by atoms with E-state index in [1.54, 1.807) is 6.07 Å². The maximum absolute atomic E-state index is 11.5. The molecule has 0 spiro atoms. The van der Waals surface area contributed by atoms with E-state index >= 15 is 0 Å². The van der Waals surface area contributed by atoms with E-state index in [4.69, 9.17) is 10.5 Å². The number of anilines is 1. The number of nitriles is 1. The first-order valence-corrected chi connectivity index (χ1v) is 13.6. The van der Waals surface area contributed by atoms with Crippen LogP contribution in [0.15, 0.2) is 52.9 Å². The van der Waals surface area contributed by atoms with Gasteiger partial charge in [-0.25, -0.2) is 10.4 Å². The molecule has 1 amide bonds. The van der Waals surface area contributed by atoms with Crippen LogP contribution in [0.1, 0.15) is 45.5 Å². The maximum Gasteiger partial charge on any atom is 0.248 e. The van der Waals surface area contributed by atoms with Gasteiger partial charge in [-0.05, 0) is 98.1 Å². The molecule has 0 unspecified atom stereocenters. The van der Waals surface area contributed by atoms with Gasteiger partial charge in [-0.1, -0.05) is 12.1 Å². The summed E-state index contributed by atoms with van der Waals surface area (Å²) in [6, 6.07) is 15.2. The molecule has 39 heavy (non-hydrogen) atoms. The van der Waals surface area contributed by atoms with Crippen LogP contribution in [0.2, 0.25) is 0 Å². The number of fused-ring (bicyclic) bond motifs is 1. The molecule has 0 radical (unpaired) electrons. The molecule has 3 N–H and O–H groups in total. The molecule has 5 rings (SSSR count). The third-order valence-corrected chi connectivity index (χ3v) is 7.65. The lowest BCUT2D eigenvalue weighted by Crippen LogP contribution is -2.33. The number of carbonyl (C=O) groups excluding carboxylic acids is 1. The summed E-state index contributed by atoms with van der Waals surface area (Å²) in [4.78, 5) is 23.0. The van der Waals surface area contributed by atoms with Crippen molar-refractivity contribution in [3.8, 4) is 17.7 Å². The van der Waals surface area contributed by atoms with Crippen LogP contribution < -0.4 is 15.9 Å². The van der Waals surface area contributed by atoms with Gasteiger partial charge in [0.1, 0.15) is 10.4 Å². The third kappa shape index (κ3) is 6.22. The molecule has 4 aromatic rings. The highest BCUT2D eigenvalue weighted by Gasteiger charge is 2.19. The molecular formula is C29H29N7O2S. The number of aromatic nitrogens is 2. The van der Waals surface area contributed by atoms with Gasteiger partial charge in [0.2, 0.25) is 17.7 Å². The van der Waals surface area contributed by atoms with Crippen LogP contribution in [-0.2, 0) is 6.54 Å². The van der Waals surface area contributed by atoms with Crippen molar-refractivity contribution < 1.29 is 9.53 Å². The molecule has 1 aliphatic heterocycles. The van der Waals surface area contributed by atoms with Gasteiger partial charge in [0.05, 0.1) is 17.1 Å². The van der Waals surface area contributed by atoms with Gasteiger partial charge in [-0.2, -0.15) is 15.3 Å². The number of primary amides is 1. The van der Waals surface area contributed by atoms with Crippen molar-refractivity contribution in [2.75, 3.05) is 18.5 Å². The fourth-order valence-corrected chi connectivity index (χ4v) is 5.53. The number of aryl methyl sites for hydroxylation is 2. The first-order chi connectivity index (χ1) is 18.9. The number of rotatable bonds is 8. The number of ether oxygens (including phenoxy) is 1. The predicted molar refractivity (Wildman–Crippen MR) is 153 cm³/mol. The first-order valence-electron chi connectivity index (χ1n) is 12.7. The fraction of sp³-hybridized carbons (Fsp3) is 0.276. The van der Waals surface area contributed by atoms with Crippen LogP contribution in [0.3, 0.4) is 0 Å². The lowest BCUT2D eigenvalue weighted by molar-refractivity contribution is 0.1000. The van der Waals surface area contributed by atoms with E-state index in [0.717, 1.165) is 59.4 Å². The summed E-state index contributed by atoms with van der Waals surface area (Å²) in [5, 5.41) is 15.6. The van der Waals surface area contributed by atoms with E-state index < -0.39 is 5.91 Å². The Balaban J connectivity index is 1.21. The molecule has 3 heterocycles. The van der Waals surface area contributed by atoms with Crippen molar-refractivity contribution in [1.29, 1.82) is 5.26 Å². The van der Waals surface area contributed by atoms with Crippen molar-refractivity contribution in [3.05, 3.63) is 75.7 Å². The first kappa shape index (κ1) is 26.3. The van der Waals surface area contributed by atoms with E-state index in [0.29, 0.717) is 34.6 Å². The highest BCUT2D eigenvalue weighted by atomic mass is 32.1. The summed E-state index contributed by atoms with van der Waals surface area (Å²) >= 11 is 1.51. The summed E-state index contributed by atoms with van der Waals surface area (Å²) in [5.74, 6) is 1.44. The Morgan fingerprint density at radius 1 is 1.23 bits per heavy atom. The normalized spacial score (nSPS) is 14.5. The number of nitrogens with one attached hydrogen (secondary N) is 1. The topological polar surface area (TPSA) is 130 Å². The minimum absolute atomic E-state index is 0.343. The number of nitrogens with two attached hydrogens (primary N) is 1. The van der Waals surface area contributed by atoms with Crippen molar-refractivity contribution in [2.24, 2.45) is 16.8 Å². The van der Waals surface area contributed by atoms with Crippen molar-refractivity contribution in [1.82, 2.24) is 14.9 Å². The Kier molecular flexibility index (Phi) is 7.81. The maximum atomic E-state index is 11.5. The fourth-order valence-electron chi connectivity index (χ4n) is 4.77. The zero-order chi connectivity index (χ0) is 27.4. The Morgan fingerprint density at radius 2 is 2.00 bits per heavy atom. The van der Waals surface area contributed by atoms with Crippen LogP contribution in [0.4, 0.5) is 5.95 Å². The van der Waals surface area contributed by atoms with Gasteiger partial charge in [0.15, 0.2) is 0 Å². The molecule has 1 saturated heterocycles. The monoisotopic (exact) mass is 539 g/mol. The molecule has 0 bridgehead atoms. The van der Waals surface area contributed by atoms with Crippen LogP contribution in [0, 0.1) is 31.1 Å². The van der Waals surface area contributed by atoms with E-state index in [1.165, 1.54) is 11.3 Å². The highest BCUT2D eigenvalue weighted by Crippen LogP contribution is 2.35. The van der Waals surface area contributed by atoms with Crippen LogP contribution in [-0.4, -0.2) is 40.1 Å². The number of amides is 1. The average Bonchev–Trinajstić information content (AvgIpc) is 3.41. The molecule has 9 nitrogen and oxygen atoms in total. The summed E-state index contributed by atoms with van der Waals surface area (Å²) in [6.45, 7) is 6.51. The molecule has 1 aliphatic rings. The predicted octanol–water partition coefficient (Wildman–Crippen LogP) is 5.38. The van der Waals surface area contributed by atoms with E-state index in [9.17, 15) is 10.1 Å². The molecule has 0 aliphatic carbocycles. The number of likely N-dealkylation sites (tertiary alicyclic amines) is 1. The van der Waals surface area contributed by atoms with Crippen molar-refractivity contribution in [3.63, 3.8) is 0 Å². The number of thiophene rings is 1. The molecule has 0 atom stereocenters. The summed E-state index contributed by atoms with van der Waals surface area (Å²) < 4.78 is 7.10. The van der Waals surface area contributed by atoms with Gasteiger partial charge in [0, 0.05) is 18.3 Å². The number of hydrogen-bond acceptors (Lipinski definition) is 9. The molecule has 0 saturated carbocycles. The molecular weight excluding hydrogens is 510 g/mol. The standard InChI is InChI=1S/C29H29N7O2S/c1-18-12-22(15-30)13-19(2)25(18)38-28-26-24(8-11-39-26)33-29(34-28)35-32-16-20-6-9-36(10-7-20)17-21-4-3-5-23(14-21)27(31)37/h3-5,8,11-14,16,20H,6-7,9-10,17H2,1-2H3,(H2,31,37)(H,33,34,35)/b32-16+. The van der Waals surface area contributed by atoms with Gasteiger partial charge < -0.3 is 10.5 Å². The zero-order valence-electron chi connectivity index (χ0n) is 21.8. The average molecular weight is 540 g/mol. The zero-order valence-corrected chi connectivity index (χ0v) is 22.7. The van der Waals surface area contributed by atoms with Crippen molar-refractivity contribution in [2.45, 2.75) is 33.2 Å². The molecule has 1 fully saturated rings. The molecule has 198 valence electrons. The summed E-state index contributed by atoms with van der Waals surface area (Å²) in [6.07, 6.45) is 3.90. The second-order valence-electron chi connectivity index (χ2n) is 9.71. The molecule has 10 heteroatoms. The SMILES string of the molecule is Cc1cc(C#N)cc(C)c1Oc1nc(N/N=C/C2CCN(Cc3cccc(C(N)=O)c3)CC2)nc2ccsc12. The van der Waals surface area contributed by atoms with Gasteiger partial charge in [0.25, 0.3) is 0 Å². The smallest absolute Gasteiger partial charge is 0.248 e. The molecule has 2 aromatic carbocycles. The van der Waals surface area contributed by atoms with Crippen LogP contribution in [0.25, 0.3) is 10.2 Å².